The third-order valence-electron chi connectivity index (χ3n) is 6.04. The average molecular weight is 367 g/mol. The number of rotatable bonds is 3. The van der Waals surface area contributed by atoms with Gasteiger partial charge in [0.2, 0.25) is 6.79 Å². The van der Waals surface area contributed by atoms with E-state index in [0.717, 1.165) is 36.1 Å². The molecular weight excluding hydrogens is 342 g/mol. The summed E-state index contributed by atoms with van der Waals surface area (Å²) in [6, 6.07) is 12.5. The second kappa shape index (κ2) is 6.64. The van der Waals surface area contributed by atoms with E-state index in [1.54, 1.807) is 7.11 Å². The van der Waals surface area contributed by atoms with Crippen LogP contribution in [-0.4, -0.2) is 38.1 Å². The minimum atomic E-state index is 0.0764. The molecular formula is C22H25NO4. The Morgan fingerprint density at radius 2 is 1.67 bits per heavy atom. The van der Waals surface area contributed by atoms with Crippen LogP contribution in [0.5, 0.6) is 23.0 Å². The predicted molar refractivity (Wildman–Crippen MR) is 102 cm³/mol. The Balaban J connectivity index is 1.60. The fourth-order valence-electron chi connectivity index (χ4n) is 4.67. The molecule has 1 fully saturated rings. The lowest BCUT2D eigenvalue weighted by atomic mass is 9.78. The third-order valence-corrected chi connectivity index (χ3v) is 6.04. The highest BCUT2D eigenvalue weighted by molar-refractivity contribution is 5.56. The topological polar surface area (TPSA) is 40.2 Å². The van der Waals surface area contributed by atoms with Crippen LogP contribution in [0.25, 0.3) is 0 Å². The van der Waals surface area contributed by atoms with Gasteiger partial charge in [-0.05, 0) is 36.6 Å². The van der Waals surface area contributed by atoms with E-state index in [9.17, 15) is 0 Å². The molecule has 0 aromatic heterocycles. The molecule has 3 atom stereocenters. The van der Waals surface area contributed by atoms with Crippen molar-refractivity contribution in [2.75, 3.05) is 27.0 Å². The van der Waals surface area contributed by atoms with Crippen molar-refractivity contribution >= 4 is 0 Å². The Labute approximate surface area is 159 Å². The maximum absolute atomic E-state index is 6.52. The molecule has 3 heterocycles. The molecule has 3 aliphatic heterocycles. The first kappa shape index (κ1) is 16.8. The summed E-state index contributed by atoms with van der Waals surface area (Å²) >= 11 is 0. The van der Waals surface area contributed by atoms with E-state index in [4.69, 9.17) is 18.9 Å². The van der Waals surface area contributed by atoms with Crippen molar-refractivity contribution in [1.29, 1.82) is 0 Å². The summed E-state index contributed by atoms with van der Waals surface area (Å²) in [7, 11) is 1.70. The van der Waals surface area contributed by atoms with Gasteiger partial charge < -0.3 is 18.9 Å². The normalized spacial score (nSPS) is 26.5. The minimum absolute atomic E-state index is 0.0764. The molecule has 27 heavy (non-hydrogen) atoms. The molecule has 142 valence electrons. The Hall–Kier alpha value is -2.40. The van der Waals surface area contributed by atoms with Crippen molar-refractivity contribution in [3.63, 3.8) is 0 Å². The number of fused-ring (bicyclic) bond motifs is 2. The van der Waals surface area contributed by atoms with Gasteiger partial charge in [-0.15, -0.1) is 0 Å². The largest absolute Gasteiger partial charge is 0.497 e. The molecule has 0 aliphatic carbocycles. The molecule has 5 heteroatoms. The first-order valence-corrected chi connectivity index (χ1v) is 9.73. The standard InChI is InChI=1S/C22H25NO4/c1-14-21(15-5-7-16(24-2)8-6-15)17-11-19-20(26-13-25-19)12-18(17)27-22(14)23-9-3-4-10-23/h5-8,11-12,14,21-22H,3-4,9-10,13H2,1-2H3/t14-,21-,22-/m0/s1. The van der Waals surface area contributed by atoms with Crippen LogP contribution in [0.2, 0.25) is 0 Å². The summed E-state index contributed by atoms with van der Waals surface area (Å²) in [6.07, 6.45) is 2.56. The van der Waals surface area contributed by atoms with Gasteiger partial charge in [-0.2, -0.15) is 0 Å². The number of hydrogen-bond donors (Lipinski definition) is 0. The van der Waals surface area contributed by atoms with Crippen molar-refractivity contribution in [2.45, 2.75) is 31.9 Å². The molecule has 0 spiro atoms. The van der Waals surface area contributed by atoms with E-state index in [1.165, 1.54) is 24.0 Å². The monoisotopic (exact) mass is 367 g/mol. The van der Waals surface area contributed by atoms with Crippen LogP contribution in [-0.2, 0) is 0 Å². The molecule has 5 nitrogen and oxygen atoms in total. The number of nitrogens with zero attached hydrogens (tertiary/aromatic N) is 1. The van der Waals surface area contributed by atoms with Gasteiger partial charge in [-0.3, -0.25) is 4.90 Å². The predicted octanol–water partition coefficient (Wildman–Crippen LogP) is 4.01. The maximum atomic E-state index is 6.52. The van der Waals surface area contributed by atoms with Crippen molar-refractivity contribution in [1.82, 2.24) is 4.90 Å². The van der Waals surface area contributed by atoms with E-state index in [1.807, 2.05) is 18.2 Å². The number of benzene rings is 2. The lowest BCUT2D eigenvalue weighted by Gasteiger charge is -2.42. The molecule has 0 unspecified atom stereocenters. The van der Waals surface area contributed by atoms with E-state index in [0.29, 0.717) is 5.92 Å². The van der Waals surface area contributed by atoms with E-state index < -0.39 is 0 Å². The van der Waals surface area contributed by atoms with Gasteiger partial charge in [-0.1, -0.05) is 19.1 Å². The molecule has 0 amide bonds. The van der Waals surface area contributed by atoms with Crippen molar-refractivity contribution < 1.29 is 18.9 Å². The molecule has 0 bridgehead atoms. The van der Waals surface area contributed by atoms with Crippen LogP contribution < -0.4 is 18.9 Å². The summed E-state index contributed by atoms with van der Waals surface area (Å²) in [4.78, 5) is 2.48. The second-order valence-corrected chi connectivity index (χ2v) is 7.60. The van der Waals surface area contributed by atoms with Crippen molar-refractivity contribution in [3.05, 3.63) is 47.5 Å². The fraction of sp³-hybridized carbons (Fsp3) is 0.455. The lowest BCUT2D eigenvalue weighted by Crippen LogP contribution is -2.46. The fourth-order valence-corrected chi connectivity index (χ4v) is 4.67. The molecule has 0 saturated carbocycles. The van der Waals surface area contributed by atoms with Gasteiger partial charge in [-0.25, -0.2) is 0 Å². The third kappa shape index (κ3) is 2.81. The molecule has 3 aliphatic rings. The summed E-state index contributed by atoms with van der Waals surface area (Å²) in [5.41, 5.74) is 2.45. The summed E-state index contributed by atoms with van der Waals surface area (Å²) in [5, 5.41) is 0. The Bertz CT molecular complexity index is 829. The Morgan fingerprint density at radius 3 is 2.37 bits per heavy atom. The van der Waals surface area contributed by atoms with Gasteiger partial charge in [0.1, 0.15) is 11.5 Å². The lowest BCUT2D eigenvalue weighted by molar-refractivity contribution is -0.0178. The Kier molecular flexibility index (Phi) is 4.12. The van der Waals surface area contributed by atoms with Crippen LogP contribution in [0.15, 0.2) is 36.4 Å². The molecule has 2 aromatic rings. The quantitative estimate of drug-likeness (QED) is 0.820. The van der Waals surface area contributed by atoms with Gasteiger partial charge in [0.15, 0.2) is 17.7 Å². The number of likely N-dealkylation sites (tertiary alicyclic amines) is 1. The van der Waals surface area contributed by atoms with E-state index in [-0.39, 0.29) is 18.9 Å². The average Bonchev–Trinajstić information content (AvgIpc) is 3.38. The van der Waals surface area contributed by atoms with Crippen LogP contribution in [0.3, 0.4) is 0 Å². The highest BCUT2D eigenvalue weighted by Gasteiger charge is 2.41. The van der Waals surface area contributed by atoms with Crippen LogP contribution in [0.1, 0.15) is 36.8 Å². The zero-order chi connectivity index (χ0) is 18.4. The second-order valence-electron chi connectivity index (χ2n) is 7.60. The zero-order valence-electron chi connectivity index (χ0n) is 15.8. The van der Waals surface area contributed by atoms with Crippen LogP contribution >= 0.6 is 0 Å². The van der Waals surface area contributed by atoms with Gasteiger partial charge >= 0.3 is 0 Å². The van der Waals surface area contributed by atoms with E-state index in [2.05, 4.69) is 30.0 Å². The molecule has 2 aromatic carbocycles. The van der Waals surface area contributed by atoms with E-state index >= 15 is 0 Å². The summed E-state index contributed by atoms with van der Waals surface area (Å²) in [6.45, 7) is 4.77. The molecule has 0 radical (unpaired) electrons. The number of hydrogen-bond acceptors (Lipinski definition) is 5. The first-order chi connectivity index (χ1) is 13.2. The summed E-state index contributed by atoms with van der Waals surface area (Å²) in [5.74, 6) is 3.93. The van der Waals surface area contributed by atoms with Crippen molar-refractivity contribution in [3.8, 4) is 23.0 Å². The number of methoxy groups -OCH3 is 1. The highest BCUT2D eigenvalue weighted by Crippen LogP contribution is 2.50. The van der Waals surface area contributed by atoms with Gasteiger partial charge in [0.25, 0.3) is 0 Å². The van der Waals surface area contributed by atoms with Gasteiger partial charge in [0.05, 0.1) is 7.11 Å². The highest BCUT2D eigenvalue weighted by atomic mass is 16.7. The Morgan fingerprint density at radius 1 is 0.963 bits per heavy atom. The first-order valence-electron chi connectivity index (χ1n) is 9.73. The smallest absolute Gasteiger partial charge is 0.231 e. The van der Waals surface area contributed by atoms with Crippen LogP contribution in [0, 0.1) is 5.92 Å². The molecule has 5 rings (SSSR count). The molecule has 0 N–H and O–H groups in total. The van der Waals surface area contributed by atoms with Crippen LogP contribution in [0.4, 0.5) is 0 Å². The SMILES string of the molecule is COc1ccc([C@H]2c3cc4c(cc3O[C@H](N3CCCC3)[C@H]2C)OCO4)cc1. The van der Waals surface area contributed by atoms with Crippen molar-refractivity contribution in [2.24, 2.45) is 5.92 Å². The van der Waals surface area contributed by atoms with Gasteiger partial charge in [0, 0.05) is 36.6 Å². The zero-order valence-corrected chi connectivity index (χ0v) is 15.8. The minimum Gasteiger partial charge on any atom is -0.497 e. The molecule has 1 saturated heterocycles. The number of ether oxygens (including phenoxy) is 4. The maximum Gasteiger partial charge on any atom is 0.231 e. The summed E-state index contributed by atoms with van der Waals surface area (Å²) < 4.78 is 23.1.